The average molecular weight is 359 g/mol. The van der Waals surface area contributed by atoms with E-state index < -0.39 is 4.92 Å². The van der Waals surface area contributed by atoms with Crippen molar-refractivity contribution in [2.45, 2.75) is 58.4 Å². The highest BCUT2D eigenvalue weighted by Crippen LogP contribution is 2.36. The number of nitrogens with one attached hydrogen (secondary N) is 1. The van der Waals surface area contributed by atoms with Crippen LogP contribution in [-0.2, 0) is 9.59 Å². The smallest absolute Gasteiger partial charge is 0.294 e. The molecular weight excluding hydrogens is 334 g/mol. The largest absolute Gasteiger partial charge is 0.376 e. The average Bonchev–Trinajstić information content (AvgIpc) is 2.59. The van der Waals surface area contributed by atoms with Gasteiger partial charge in [0.2, 0.25) is 11.8 Å². The van der Waals surface area contributed by atoms with Crippen molar-refractivity contribution in [2.75, 3.05) is 10.2 Å². The Hall–Kier alpha value is -2.44. The molecule has 1 N–H and O–H groups in total. The SMILES string of the molecule is CC1CCCC(Nc2ccc(N3C(=O)CCCC3=O)cc2[N+](=O)[O-])C1C. The van der Waals surface area contributed by atoms with Gasteiger partial charge in [-0.1, -0.05) is 26.7 Å². The molecule has 0 radical (unpaired) electrons. The molecule has 3 unspecified atom stereocenters. The number of piperidine rings is 1. The summed E-state index contributed by atoms with van der Waals surface area (Å²) in [6.45, 7) is 4.39. The lowest BCUT2D eigenvalue weighted by atomic mass is 9.78. The Labute approximate surface area is 152 Å². The van der Waals surface area contributed by atoms with Crippen molar-refractivity contribution >= 4 is 28.9 Å². The molecule has 1 aliphatic carbocycles. The summed E-state index contributed by atoms with van der Waals surface area (Å²) in [5.41, 5.74) is 0.628. The number of anilines is 2. The van der Waals surface area contributed by atoms with Crippen molar-refractivity contribution in [3.8, 4) is 0 Å². The van der Waals surface area contributed by atoms with Crippen LogP contribution in [0.4, 0.5) is 17.1 Å². The predicted octanol–water partition coefficient (Wildman–Crippen LogP) is 3.87. The van der Waals surface area contributed by atoms with E-state index in [0.717, 1.165) is 17.7 Å². The third kappa shape index (κ3) is 3.57. The summed E-state index contributed by atoms with van der Waals surface area (Å²) in [5.74, 6) is 0.397. The van der Waals surface area contributed by atoms with Gasteiger partial charge in [-0.25, -0.2) is 0 Å². The topological polar surface area (TPSA) is 92.6 Å². The van der Waals surface area contributed by atoms with Crippen LogP contribution in [-0.4, -0.2) is 22.8 Å². The summed E-state index contributed by atoms with van der Waals surface area (Å²) in [5, 5.41) is 14.9. The lowest BCUT2D eigenvalue weighted by Crippen LogP contribution is -2.40. The molecule has 1 aliphatic heterocycles. The third-order valence-electron chi connectivity index (χ3n) is 5.76. The minimum absolute atomic E-state index is 0.0981. The molecule has 3 atom stereocenters. The van der Waals surface area contributed by atoms with E-state index in [1.807, 2.05) is 0 Å². The second-order valence-electron chi connectivity index (χ2n) is 7.45. The molecule has 1 saturated heterocycles. The number of amides is 2. The highest BCUT2D eigenvalue weighted by molar-refractivity contribution is 6.16. The Morgan fingerprint density at radius 1 is 1.12 bits per heavy atom. The number of benzene rings is 1. The number of nitro groups is 1. The van der Waals surface area contributed by atoms with Crippen LogP contribution in [0.5, 0.6) is 0 Å². The first kappa shape index (κ1) is 18.4. The molecule has 1 heterocycles. The highest BCUT2D eigenvalue weighted by Gasteiger charge is 2.31. The van der Waals surface area contributed by atoms with Gasteiger partial charge in [0, 0.05) is 24.9 Å². The summed E-state index contributed by atoms with van der Waals surface area (Å²) >= 11 is 0. The molecule has 1 aromatic rings. The summed E-state index contributed by atoms with van der Waals surface area (Å²) in [7, 11) is 0. The maximum atomic E-state index is 12.1. The van der Waals surface area contributed by atoms with Crippen LogP contribution in [0.25, 0.3) is 0 Å². The molecule has 7 nitrogen and oxygen atoms in total. The van der Waals surface area contributed by atoms with Crippen molar-refractivity contribution in [3.05, 3.63) is 28.3 Å². The highest BCUT2D eigenvalue weighted by atomic mass is 16.6. The number of rotatable bonds is 4. The molecule has 2 amide bonds. The Balaban J connectivity index is 1.89. The summed E-state index contributed by atoms with van der Waals surface area (Å²) < 4.78 is 0. The first-order valence-electron chi connectivity index (χ1n) is 9.29. The summed E-state index contributed by atoms with van der Waals surface area (Å²) in [4.78, 5) is 36.4. The van der Waals surface area contributed by atoms with E-state index in [0.29, 0.717) is 23.9 Å². The molecule has 7 heteroatoms. The van der Waals surface area contributed by atoms with E-state index in [2.05, 4.69) is 19.2 Å². The fraction of sp³-hybridized carbons (Fsp3) is 0.579. The number of imide groups is 1. The Kier molecular flexibility index (Phi) is 5.25. The number of carbonyl (C=O) groups is 2. The van der Waals surface area contributed by atoms with E-state index in [1.54, 1.807) is 12.1 Å². The zero-order valence-electron chi connectivity index (χ0n) is 15.2. The second kappa shape index (κ2) is 7.43. The van der Waals surface area contributed by atoms with E-state index in [1.165, 1.54) is 12.5 Å². The van der Waals surface area contributed by atoms with E-state index in [9.17, 15) is 19.7 Å². The zero-order valence-corrected chi connectivity index (χ0v) is 15.2. The van der Waals surface area contributed by atoms with Crippen molar-refractivity contribution in [1.29, 1.82) is 0 Å². The minimum Gasteiger partial charge on any atom is -0.376 e. The van der Waals surface area contributed by atoms with Crippen molar-refractivity contribution in [2.24, 2.45) is 11.8 Å². The zero-order chi connectivity index (χ0) is 18.8. The van der Waals surface area contributed by atoms with Crippen molar-refractivity contribution in [3.63, 3.8) is 0 Å². The van der Waals surface area contributed by atoms with Gasteiger partial charge in [0.15, 0.2) is 0 Å². The van der Waals surface area contributed by atoms with Crippen LogP contribution < -0.4 is 10.2 Å². The standard InChI is InChI=1S/C19H25N3O4/c1-12-5-3-6-15(13(12)2)20-16-10-9-14(11-17(16)22(25)26)21-18(23)7-4-8-19(21)24/h9-13,15,20H,3-8H2,1-2H3. The molecule has 2 aliphatic rings. The molecule has 140 valence electrons. The van der Waals surface area contributed by atoms with Crippen molar-refractivity contribution in [1.82, 2.24) is 0 Å². The summed E-state index contributed by atoms with van der Waals surface area (Å²) in [6.07, 6.45) is 4.38. The molecular formula is C19H25N3O4. The van der Waals surface area contributed by atoms with Crippen LogP contribution >= 0.6 is 0 Å². The van der Waals surface area contributed by atoms with Crippen LogP contribution in [0.2, 0.25) is 0 Å². The normalized spacial score (nSPS) is 26.7. The minimum atomic E-state index is -0.457. The molecule has 0 bridgehead atoms. The molecule has 26 heavy (non-hydrogen) atoms. The van der Waals surface area contributed by atoms with Gasteiger partial charge in [0.1, 0.15) is 5.69 Å². The van der Waals surface area contributed by atoms with Crippen molar-refractivity contribution < 1.29 is 14.5 Å². The Bertz CT molecular complexity index is 717. The molecule has 0 aromatic heterocycles. The van der Waals surface area contributed by atoms with Crippen LogP contribution in [0.1, 0.15) is 52.4 Å². The molecule has 1 aromatic carbocycles. The van der Waals surface area contributed by atoms with Gasteiger partial charge in [-0.3, -0.25) is 24.6 Å². The number of nitro benzene ring substituents is 1. The van der Waals surface area contributed by atoms with Crippen LogP contribution in [0, 0.1) is 22.0 Å². The first-order chi connectivity index (χ1) is 12.4. The number of hydrogen-bond acceptors (Lipinski definition) is 5. The van der Waals surface area contributed by atoms with Crippen LogP contribution in [0.3, 0.4) is 0 Å². The van der Waals surface area contributed by atoms with Gasteiger partial charge in [0.05, 0.1) is 10.6 Å². The number of nitrogens with zero attached hydrogens (tertiary/aromatic N) is 2. The fourth-order valence-corrected chi connectivity index (χ4v) is 3.96. The van der Waals surface area contributed by atoms with E-state index in [-0.39, 0.29) is 42.1 Å². The lowest BCUT2D eigenvalue weighted by molar-refractivity contribution is -0.383. The van der Waals surface area contributed by atoms with E-state index in [4.69, 9.17) is 0 Å². The molecule has 0 spiro atoms. The number of hydrogen-bond donors (Lipinski definition) is 1. The first-order valence-corrected chi connectivity index (χ1v) is 9.29. The fourth-order valence-electron chi connectivity index (χ4n) is 3.96. The van der Waals surface area contributed by atoms with Gasteiger partial charge >= 0.3 is 0 Å². The summed E-state index contributed by atoms with van der Waals surface area (Å²) in [6, 6.07) is 4.75. The monoisotopic (exact) mass is 359 g/mol. The van der Waals surface area contributed by atoms with Gasteiger partial charge in [0.25, 0.3) is 5.69 Å². The molecule has 2 fully saturated rings. The second-order valence-corrected chi connectivity index (χ2v) is 7.45. The third-order valence-corrected chi connectivity index (χ3v) is 5.76. The quantitative estimate of drug-likeness (QED) is 0.500. The van der Waals surface area contributed by atoms with Gasteiger partial charge in [-0.15, -0.1) is 0 Å². The van der Waals surface area contributed by atoms with Crippen LogP contribution in [0.15, 0.2) is 18.2 Å². The maximum Gasteiger partial charge on any atom is 0.294 e. The van der Waals surface area contributed by atoms with Gasteiger partial charge in [-0.2, -0.15) is 0 Å². The van der Waals surface area contributed by atoms with Gasteiger partial charge < -0.3 is 5.32 Å². The lowest BCUT2D eigenvalue weighted by Gasteiger charge is -2.35. The predicted molar refractivity (Wildman–Crippen MR) is 99.0 cm³/mol. The Morgan fingerprint density at radius 3 is 2.46 bits per heavy atom. The number of carbonyl (C=O) groups excluding carboxylic acids is 2. The maximum absolute atomic E-state index is 12.1. The van der Waals surface area contributed by atoms with Gasteiger partial charge in [-0.05, 0) is 36.8 Å². The molecule has 3 rings (SSSR count). The molecule has 1 saturated carbocycles. The van der Waals surface area contributed by atoms with E-state index >= 15 is 0 Å². The Morgan fingerprint density at radius 2 is 1.81 bits per heavy atom.